The summed E-state index contributed by atoms with van der Waals surface area (Å²) in [6.07, 6.45) is 1.40. The van der Waals surface area contributed by atoms with E-state index in [0.29, 0.717) is 38.9 Å². The molecule has 0 aromatic heterocycles. The van der Waals surface area contributed by atoms with E-state index in [1.54, 1.807) is 0 Å². The Bertz CT molecular complexity index is 391. The van der Waals surface area contributed by atoms with Gasteiger partial charge in [0, 0.05) is 19.1 Å². The van der Waals surface area contributed by atoms with Crippen LogP contribution in [0, 0.1) is 0 Å². The van der Waals surface area contributed by atoms with Crippen molar-refractivity contribution in [2.24, 2.45) is 0 Å². The summed E-state index contributed by atoms with van der Waals surface area (Å²) in [5, 5.41) is 5.58. The van der Waals surface area contributed by atoms with Crippen LogP contribution in [0.25, 0.3) is 0 Å². The molecule has 2 N–H and O–H groups in total. The Labute approximate surface area is 130 Å². The Kier molecular flexibility index (Phi) is 5.27. The molecule has 0 aromatic rings. The van der Waals surface area contributed by atoms with Crippen molar-refractivity contribution in [3.8, 4) is 0 Å². The summed E-state index contributed by atoms with van der Waals surface area (Å²) in [4.78, 5) is 13.6. The van der Waals surface area contributed by atoms with Crippen molar-refractivity contribution in [2.45, 2.75) is 63.6 Å². The summed E-state index contributed by atoms with van der Waals surface area (Å²) >= 11 is 0. The van der Waals surface area contributed by atoms with E-state index in [4.69, 9.17) is 4.74 Å². The molecule has 22 heavy (non-hydrogen) atoms. The molecule has 0 aromatic carbocycles. The lowest BCUT2D eigenvalue weighted by Crippen LogP contribution is -2.59. The maximum absolute atomic E-state index is 14.0. The lowest BCUT2D eigenvalue weighted by atomic mass is 9.96. The highest BCUT2D eigenvalue weighted by atomic mass is 19.3. The Hall–Kier alpha value is -0.950. The topological polar surface area (TPSA) is 53.6 Å². The van der Waals surface area contributed by atoms with Gasteiger partial charge in [-0.15, -0.1) is 0 Å². The quantitative estimate of drug-likeness (QED) is 0.817. The van der Waals surface area contributed by atoms with Crippen LogP contribution in [-0.2, 0) is 4.74 Å². The van der Waals surface area contributed by atoms with E-state index in [-0.39, 0.29) is 12.6 Å². The zero-order valence-electron chi connectivity index (χ0n) is 13.6. The molecule has 1 atom stereocenters. The fraction of sp³-hybridized carbons (Fsp3) is 0.933. The number of alkyl halides is 2. The SMILES string of the molecule is CC(C)(C)OC(=O)NC1CCN(C2CCNCC2(F)F)CC1. The Morgan fingerprint density at radius 2 is 1.91 bits per heavy atom. The highest BCUT2D eigenvalue weighted by Crippen LogP contribution is 2.29. The van der Waals surface area contributed by atoms with E-state index in [0.717, 1.165) is 0 Å². The van der Waals surface area contributed by atoms with Gasteiger partial charge in [0.2, 0.25) is 0 Å². The van der Waals surface area contributed by atoms with Gasteiger partial charge in [-0.05, 0) is 46.6 Å². The van der Waals surface area contributed by atoms with Crippen LogP contribution >= 0.6 is 0 Å². The minimum Gasteiger partial charge on any atom is -0.444 e. The predicted octanol–water partition coefficient (Wildman–Crippen LogP) is 1.97. The van der Waals surface area contributed by atoms with E-state index < -0.39 is 23.7 Å². The number of likely N-dealkylation sites (tertiary alicyclic amines) is 1. The molecule has 0 bridgehead atoms. The molecule has 128 valence electrons. The van der Waals surface area contributed by atoms with Crippen molar-refractivity contribution in [1.29, 1.82) is 0 Å². The van der Waals surface area contributed by atoms with Gasteiger partial charge in [0.1, 0.15) is 5.60 Å². The molecule has 2 fully saturated rings. The van der Waals surface area contributed by atoms with Gasteiger partial charge in [0.05, 0.1) is 12.6 Å². The molecule has 5 nitrogen and oxygen atoms in total. The highest BCUT2D eigenvalue weighted by molar-refractivity contribution is 5.68. The lowest BCUT2D eigenvalue weighted by molar-refractivity contribution is -0.101. The second-order valence-electron chi connectivity index (χ2n) is 7.20. The Balaban J connectivity index is 1.79. The summed E-state index contributed by atoms with van der Waals surface area (Å²) in [7, 11) is 0. The first kappa shape index (κ1) is 17.4. The van der Waals surface area contributed by atoms with Crippen LogP contribution in [0.5, 0.6) is 0 Å². The number of nitrogens with one attached hydrogen (secondary N) is 2. The average molecular weight is 319 g/mol. The first-order valence-corrected chi connectivity index (χ1v) is 7.99. The summed E-state index contributed by atoms with van der Waals surface area (Å²) in [5.74, 6) is -2.68. The number of hydrogen-bond acceptors (Lipinski definition) is 4. The largest absolute Gasteiger partial charge is 0.444 e. The monoisotopic (exact) mass is 319 g/mol. The van der Waals surface area contributed by atoms with Gasteiger partial charge in [0.25, 0.3) is 5.92 Å². The number of carbonyl (C=O) groups excluding carboxylic acids is 1. The van der Waals surface area contributed by atoms with Gasteiger partial charge in [-0.2, -0.15) is 0 Å². The second kappa shape index (κ2) is 6.66. The van der Waals surface area contributed by atoms with Gasteiger partial charge in [-0.3, -0.25) is 4.90 Å². The van der Waals surface area contributed by atoms with Crippen LogP contribution in [0.2, 0.25) is 0 Å². The van der Waals surface area contributed by atoms with Crippen molar-refractivity contribution < 1.29 is 18.3 Å². The number of carbonyl (C=O) groups is 1. The molecule has 1 unspecified atom stereocenters. The number of rotatable bonds is 2. The zero-order valence-corrected chi connectivity index (χ0v) is 13.6. The number of hydrogen-bond donors (Lipinski definition) is 2. The number of ether oxygens (including phenoxy) is 1. The lowest BCUT2D eigenvalue weighted by Gasteiger charge is -2.43. The van der Waals surface area contributed by atoms with Crippen molar-refractivity contribution in [3.63, 3.8) is 0 Å². The van der Waals surface area contributed by atoms with Crippen LogP contribution in [-0.4, -0.2) is 60.8 Å². The van der Waals surface area contributed by atoms with Crippen LogP contribution in [0.4, 0.5) is 13.6 Å². The third kappa shape index (κ3) is 4.78. The molecule has 2 aliphatic heterocycles. The van der Waals surface area contributed by atoms with E-state index in [9.17, 15) is 13.6 Å². The van der Waals surface area contributed by atoms with E-state index in [1.165, 1.54) is 0 Å². The third-order valence-electron chi connectivity index (χ3n) is 4.13. The second-order valence-corrected chi connectivity index (χ2v) is 7.20. The fourth-order valence-corrected chi connectivity index (χ4v) is 3.10. The first-order chi connectivity index (χ1) is 10.2. The number of alkyl carbamates (subject to hydrolysis) is 1. The van der Waals surface area contributed by atoms with E-state index in [1.807, 2.05) is 25.7 Å². The minimum absolute atomic E-state index is 0.00133. The summed E-state index contributed by atoms with van der Waals surface area (Å²) in [6, 6.07) is -0.683. The maximum Gasteiger partial charge on any atom is 0.407 e. The summed E-state index contributed by atoms with van der Waals surface area (Å²) in [6.45, 7) is 7.00. The maximum atomic E-state index is 14.0. The smallest absolute Gasteiger partial charge is 0.407 e. The van der Waals surface area contributed by atoms with Crippen LogP contribution in [0.3, 0.4) is 0 Å². The predicted molar refractivity (Wildman–Crippen MR) is 80.2 cm³/mol. The molecule has 2 rings (SSSR count). The van der Waals surface area contributed by atoms with Gasteiger partial charge in [-0.25, -0.2) is 13.6 Å². The molecule has 2 heterocycles. The molecule has 1 amide bonds. The van der Waals surface area contributed by atoms with Gasteiger partial charge in [-0.1, -0.05) is 0 Å². The number of piperidine rings is 2. The summed E-state index contributed by atoms with van der Waals surface area (Å²) in [5.41, 5.74) is -0.526. The van der Waals surface area contributed by atoms with Gasteiger partial charge >= 0.3 is 6.09 Å². The average Bonchev–Trinajstić information content (AvgIpc) is 2.37. The molecule has 0 aliphatic carbocycles. The van der Waals surface area contributed by atoms with E-state index in [2.05, 4.69) is 10.6 Å². The van der Waals surface area contributed by atoms with Crippen LogP contribution in [0.15, 0.2) is 0 Å². The molecule has 0 spiro atoms. The Morgan fingerprint density at radius 1 is 1.27 bits per heavy atom. The third-order valence-corrected chi connectivity index (χ3v) is 4.13. The highest BCUT2D eigenvalue weighted by Gasteiger charge is 2.45. The minimum atomic E-state index is -2.68. The van der Waals surface area contributed by atoms with Crippen molar-refractivity contribution in [3.05, 3.63) is 0 Å². The molecule has 2 saturated heterocycles. The molecule has 0 saturated carbocycles. The molecular formula is C15H27F2N3O2. The van der Waals surface area contributed by atoms with Crippen molar-refractivity contribution >= 4 is 6.09 Å². The van der Waals surface area contributed by atoms with Crippen molar-refractivity contribution in [1.82, 2.24) is 15.5 Å². The van der Waals surface area contributed by atoms with Crippen LogP contribution in [0.1, 0.15) is 40.0 Å². The number of amides is 1. The molecule has 0 radical (unpaired) electrons. The Morgan fingerprint density at radius 3 is 2.45 bits per heavy atom. The first-order valence-electron chi connectivity index (χ1n) is 7.99. The molecular weight excluding hydrogens is 292 g/mol. The van der Waals surface area contributed by atoms with E-state index >= 15 is 0 Å². The molecule has 7 heteroatoms. The number of halogens is 2. The normalized spacial score (nSPS) is 27.4. The van der Waals surface area contributed by atoms with Crippen LogP contribution < -0.4 is 10.6 Å². The van der Waals surface area contributed by atoms with Crippen molar-refractivity contribution in [2.75, 3.05) is 26.2 Å². The summed E-state index contributed by atoms with van der Waals surface area (Å²) < 4.78 is 33.1. The molecule has 2 aliphatic rings. The fourth-order valence-electron chi connectivity index (χ4n) is 3.10. The standard InChI is InChI=1S/C15H27F2N3O2/c1-14(2,3)22-13(21)19-11-5-8-20(9-6-11)12-4-7-18-10-15(12,16)17/h11-12,18H,4-10H2,1-3H3,(H,19,21). The number of nitrogens with zero attached hydrogens (tertiary/aromatic N) is 1. The zero-order chi connectivity index (χ0) is 16.4. The van der Waals surface area contributed by atoms with Gasteiger partial charge < -0.3 is 15.4 Å². The van der Waals surface area contributed by atoms with Gasteiger partial charge in [0.15, 0.2) is 0 Å².